The molecular weight excluding hydrogens is 976 g/mol. The van der Waals surface area contributed by atoms with Crippen molar-refractivity contribution in [1.82, 2.24) is 9.13 Å². The van der Waals surface area contributed by atoms with Gasteiger partial charge in [-0.2, -0.15) is 13.2 Å². The van der Waals surface area contributed by atoms with Crippen LogP contribution in [-0.4, -0.2) is 9.13 Å². The van der Waals surface area contributed by atoms with Crippen LogP contribution >= 0.6 is 0 Å². The van der Waals surface area contributed by atoms with Crippen LogP contribution in [0.1, 0.15) is 33.4 Å². The smallest absolute Gasteiger partial charge is 0.309 e. The van der Waals surface area contributed by atoms with Crippen LogP contribution in [0.4, 0.5) is 18.9 Å². The molecule has 0 fully saturated rings. The van der Waals surface area contributed by atoms with Crippen molar-refractivity contribution in [2.24, 2.45) is 0 Å². The fraction of sp³-hybridized carbons (Fsp3) is 0.0822. The maximum Gasteiger partial charge on any atom is 0.416 e. The highest BCUT2D eigenvalue weighted by molar-refractivity contribution is 6.14. The third-order valence-corrected chi connectivity index (χ3v) is 15.7. The summed E-state index contributed by atoms with van der Waals surface area (Å²) in [7, 11) is 0. The molecule has 0 saturated carbocycles. The van der Waals surface area contributed by atoms with Crippen molar-refractivity contribution < 1.29 is 13.2 Å². The van der Waals surface area contributed by atoms with Gasteiger partial charge < -0.3 is 9.13 Å². The van der Waals surface area contributed by atoms with Gasteiger partial charge in [-0.15, -0.1) is 0 Å². The Morgan fingerprint density at radius 2 is 0.684 bits per heavy atom. The van der Waals surface area contributed by atoms with Crippen molar-refractivity contribution in [1.29, 1.82) is 0 Å². The van der Waals surface area contributed by atoms with Gasteiger partial charge in [0.1, 0.15) is 0 Å². The monoisotopic (exact) mass is 1030 g/mol. The zero-order valence-corrected chi connectivity index (χ0v) is 44.3. The normalized spacial score (nSPS) is 11.8. The zero-order chi connectivity index (χ0) is 54.3. The predicted octanol–water partition coefficient (Wildman–Crippen LogP) is 21.0. The van der Waals surface area contributed by atoms with Crippen molar-refractivity contribution in [2.75, 3.05) is 0 Å². The molecule has 79 heavy (non-hydrogen) atoms. The van der Waals surface area contributed by atoms with Crippen LogP contribution in [0.2, 0.25) is 0 Å². The van der Waals surface area contributed by atoms with Crippen molar-refractivity contribution in [2.45, 2.75) is 40.8 Å². The molecule has 0 spiro atoms. The molecule has 0 N–H and O–H groups in total. The predicted molar refractivity (Wildman–Crippen MR) is 323 cm³/mol. The quantitative estimate of drug-likeness (QED) is 0.135. The standard InChI is InChI=1S/C73H52F3N3/c1-44-7-15-49(16-8-44)53-23-30-68-63(38-53)64-39-54(50-17-9-45(2)10-18-50)24-31-69(64)78(68)60-28-29-67(77-6)61(43-60)62-42-57(58-35-48(5)36-59(37-58)73(74,75)76)27-34-70(62)79-71-32-25-55(51-19-11-46(3)12-20-51)40-65(71)66-41-56(26-33-72(66)79)52-21-13-47(4)14-22-52/h7-43H,1-5H3. The highest BCUT2D eigenvalue weighted by Gasteiger charge is 2.31. The SMILES string of the molecule is [C-]#[N+]c1ccc(-n2c3ccc(-c4ccc(C)cc4)cc3c3cc(-c4ccc(C)cc4)ccc32)cc1-c1cc(-c2cc(C)cc(C(F)(F)F)c2)ccc1-n1c2ccc(-c3ccc(C)cc3)cc2c2cc(-c3ccc(C)cc3)ccc21. The number of nitrogens with zero attached hydrogens (tertiary/aromatic N) is 3. The first-order valence-electron chi connectivity index (χ1n) is 26.6. The Balaban J connectivity index is 1.08. The van der Waals surface area contributed by atoms with E-state index in [1.165, 1.54) is 34.4 Å². The third-order valence-electron chi connectivity index (χ3n) is 15.7. The number of fused-ring (bicyclic) bond motifs is 6. The molecule has 0 aliphatic carbocycles. The molecule has 0 amide bonds. The second kappa shape index (κ2) is 19.1. The Bertz CT molecular complexity index is 4400. The van der Waals surface area contributed by atoms with Gasteiger partial charge in [-0.3, -0.25) is 0 Å². The molecule has 2 heterocycles. The number of halogens is 3. The zero-order valence-electron chi connectivity index (χ0n) is 44.3. The number of hydrogen-bond acceptors (Lipinski definition) is 0. The fourth-order valence-corrected chi connectivity index (χ4v) is 11.5. The van der Waals surface area contributed by atoms with Crippen LogP contribution in [0, 0.1) is 41.2 Å². The van der Waals surface area contributed by atoms with Crippen LogP contribution < -0.4 is 0 Å². The van der Waals surface area contributed by atoms with Gasteiger partial charge >= 0.3 is 6.18 Å². The minimum atomic E-state index is -4.54. The van der Waals surface area contributed by atoms with Crippen LogP contribution in [0.25, 0.3) is 127 Å². The second-order valence-corrected chi connectivity index (χ2v) is 21.2. The molecule has 0 aliphatic rings. The molecular formula is C73H52F3N3. The maximum atomic E-state index is 14.6. The topological polar surface area (TPSA) is 14.2 Å². The molecule has 13 rings (SSSR count). The molecule has 0 atom stereocenters. The molecule has 0 radical (unpaired) electrons. The first kappa shape index (κ1) is 48.9. The number of benzene rings is 11. The van der Waals surface area contributed by atoms with Crippen molar-refractivity contribution in [3.63, 3.8) is 0 Å². The van der Waals surface area contributed by atoms with Crippen molar-refractivity contribution >= 4 is 49.3 Å². The van der Waals surface area contributed by atoms with E-state index in [0.29, 0.717) is 33.5 Å². The third kappa shape index (κ3) is 8.84. The highest BCUT2D eigenvalue weighted by Crippen LogP contribution is 2.46. The Morgan fingerprint density at radius 1 is 0.316 bits per heavy atom. The maximum absolute atomic E-state index is 14.6. The lowest BCUT2D eigenvalue weighted by Crippen LogP contribution is -2.05. The van der Waals surface area contributed by atoms with Gasteiger partial charge in [0.05, 0.1) is 39.9 Å². The lowest BCUT2D eigenvalue weighted by atomic mass is 9.94. The van der Waals surface area contributed by atoms with Gasteiger partial charge in [-0.25, -0.2) is 4.85 Å². The molecule has 0 bridgehead atoms. The summed E-state index contributed by atoms with van der Waals surface area (Å²) in [5, 5.41) is 4.26. The van der Waals surface area contributed by atoms with Gasteiger partial charge in [0.15, 0.2) is 5.69 Å². The number of alkyl halides is 3. The second-order valence-electron chi connectivity index (χ2n) is 21.2. The molecule has 0 saturated heterocycles. The minimum absolute atomic E-state index is 0.413. The summed E-state index contributed by atoms with van der Waals surface area (Å²) in [6.45, 7) is 18.8. The first-order valence-corrected chi connectivity index (χ1v) is 26.6. The largest absolute Gasteiger partial charge is 0.416 e. The van der Waals surface area contributed by atoms with E-state index in [4.69, 9.17) is 6.57 Å². The lowest BCUT2D eigenvalue weighted by Gasteiger charge is -2.19. The summed E-state index contributed by atoms with van der Waals surface area (Å²) in [4.78, 5) is 4.19. The van der Waals surface area contributed by atoms with Crippen molar-refractivity contribution in [3.8, 4) is 78.1 Å². The molecule has 11 aromatic carbocycles. The Hall–Kier alpha value is -9.70. The average molecular weight is 1030 g/mol. The molecule has 2 aromatic heterocycles. The first-order chi connectivity index (χ1) is 38.2. The minimum Gasteiger partial charge on any atom is -0.309 e. The summed E-state index contributed by atoms with van der Waals surface area (Å²) in [6, 6.07) is 76.9. The van der Waals surface area contributed by atoms with E-state index in [9.17, 15) is 13.2 Å². The van der Waals surface area contributed by atoms with Crippen molar-refractivity contribution in [3.05, 3.63) is 269 Å². The van der Waals surface area contributed by atoms with Gasteiger partial charge in [0, 0.05) is 27.2 Å². The number of aromatic nitrogens is 2. The number of rotatable bonds is 8. The van der Waals surface area contributed by atoms with Crippen LogP contribution in [0.3, 0.4) is 0 Å². The molecule has 6 heteroatoms. The van der Waals surface area contributed by atoms with Gasteiger partial charge in [0.25, 0.3) is 0 Å². The summed E-state index contributed by atoms with van der Waals surface area (Å²) >= 11 is 0. The Labute approximate surface area is 457 Å². The van der Waals surface area contributed by atoms with Gasteiger partial charge in [-0.1, -0.05) is 162 Å². The average Bonchev–Trinajstić information content (AvgIpc) is 4.00. The highest BCUT2D eigenvalue weighted by atomic mass is 19.4. The van der Waals surface area contributed by atoms with Crippen LogP contribution in [-0.2, 0) is 6.18 Å². The van der Waals surface area contributed by atoms with E-state index in [-0.39, 0.29) is 0 Å². The van der Waals surface area contributed by atoms with E-state index in [0.717, 1.165) is 99.5 Å². The lowest BCUT2D eigenvalue weighted by molar-refractivity contribution is -0.137. The summed E-state index contributed by atoms with van der Waals surface area (Å²) < 4.78 is 48.3. The van der Waals surface area contributed by atoms with Crippen LogP contribution in [0.5, 0.6) is 0 Å². The summed E-state index contributed by atoms with van der Waals surface area (Å²) in [5.74, 6) is 0. The van der Waals surface area contributed by atoms with E-state index in [1.807, 2.05) is 30.3 Å². The Morgan fingerprint density at radius 3 is 1.08 bits per heavy atom. The van der Waals surface area contributed by atoms with E-state index >= 15 is 0 Å². The molecule has 3 nitrogen and oxygen atoms in total. The number of aryl methyl sites for hydroxylation is 5. The Kier molecular flexibility index (Phi) is 11.8. The number of hydrogen-bond donors (Lipinski definition) is 0. The summed E-state index contributed by atoms with van der Waals surface area (Å²) in [5.41, 5.74) is 21.7. The molecule has 0 unspecified atom stereocenters. The molecule has 0 aliphatic heterocycles. The molecule has 13 aromatic rings. The van der Waals surface area contributed by atoms with Gasteiger partial charge in [0.2, 0.25) is 0 Å². The summed E-state index contributed by atoms with van der Waals surface area (Å²) in [6.07, 6.45) is -4.54. The van der Waals surface area contributed by atoms with E-state index < -0.39 is 11.7 Å². The molecule has 380 valence electrons. The van der Waals surface area contributed by atoms with E-state index in [1.54, 1.807) is 13.0 Å². The van der Waals surface area contributed by atoms with Gasteiger partial charge in [-0.05, 0) is 192 Å². The van der Waals surface area contributed by atoms with Crippen LogP contribution in [0.15, 0.2) is 224 Å². The van der Waals surface area contributed by atoms with E-state index in [2.05, 4.69) is 218 Å². The fourth-order valence-electron chi connectivity index (χ4n) is 11.5.